The number of hydrogen-bond acceptors (Lipinski definition) is 2. The van der Waals surface area contributed by atoms with E-state index in [0.29, 0.717) is 0 Å². The molecule has 0 spiro atoms. The summed E-state index contributed by atoms with van der Waals surface area (Å²) in [6.07, 6.45) is -4.46. The molecule has 19 heavy (non-hydrogen) atoms. The van der Waals surface area contributed by atoms with E-state index in [-0.39, 0.29) is 11.1 Å². The highest BCUT2D eigenvalue weighted by Crippen LogP contribution is 2.29. The third-order valence-electron chi connectivity index (χ3n) is 2.43. The second-order valence-corrected chi connectivity index (χ2v) is 4.02. The molecule has 0 aliphatic carbocycles. The number of likely N-dealkylation sites (N-methyl/N-ethyl adjacent to an activating group) is 1. The molecule has 0 unspecified atom stereocenters. The maximum Gasteiger partial charge on any atom is 0.416 e. The van der Waals surface area contributed by atoms with Crippen LogP contribution in [-0.4, -0.2) is 23.8 Å². The number of rotatable bonds is 2. The van der Waals surface area contributed by atoms with Gasteiger partial charge in [0.15, 0.2) is 0 Å². The molecule has 2 amide bonds. The third-order valence-corrected chi connectivity index (χ3v) is 2.43. The molecule has 1 rings (SSSR count). The van der Waals surface area contributed by atoms with Gasteiger partial charge in [-0.1, -0.05) is 6.58 Å². The molecule has 1 aromatic carbocycles. The standard InChI is InChI=1S/C13H12F3NO2/c1-8(2)11(18)17(3)12(19)9-4-6-10(7-5-9)13(14,15)16/h4-7H,1H2,2-3H3. The van der Waals surface area contributed by atoms with Crippen LogP contribution in [0.1, 0.15) is 22.8 Å². The second kappa shape index (κ2) is 5.26. The van der Waals surface area contributed by atoms with Crippen LogP contribution in [0.5, 0.6) is 0 Å². The minimum Gasteiger partial charge on any atom is -0.278 e. The lowest BCUT2D eigenvalue weighted by atomic mass is 10.1. The van der Waals surface area contributed by atoms with Crippen LogP contribution >= 0.6 is 0 Å². The Morgan fingerprint density at radius 3 is 2.00 bits per heavy atom. The molecule has 0 saturated heterocycles. The van der Waals surface area contributed by atoms with E-state index in [4.69, 9.17) is 0 Å². The van der Waals surface area contributed by atoms with Crippen LogP contribution in [0.2, 0.25) is 0 Å². The fraction of sp³-hybridized carbons (Fsp3) is 0.231. The van der Waals surface area contributed by atoms with Gasteiger partial charge in [0.1, 0.15) is 0 Å². The van der Waals surface area contributed by atoms with E-state index in [2.05, 4.69) is 6.58 Å². The molecule has 0 N–H and O–H groups in total. The van der Waals surface area contributed by atoms with Crippen LogP contribution in [0.25, 0.3) is 0 Å². The monoisotopic (exact) mass is 271 g/mol. The van der Waals surface area contributed by atoms with Gasteiger partial charge in [-0.05, 0) is 31.2 Å². The molecule has 1 aromatic rings. The van der Waals surface area contributed by atoms with E-state index in [1.54, 1.807) is 0 Å². The van der Waals surface area contributed by atoms with E-state index in [1.807, 2.05) is 0 Å². The molecule has 0 radical (unpaired) electrons. The Bertz CT molecular complexity index is 518. The van der Waals surface area contributed by atoms with Gasteiger partial charge in [0, 0.05) is 18.2 Å². The summed E-state index contributed by atoms with van der Waals surface area (Å²) >= 11 is 0. The molecule has 3 nitrogen and oxygen atoms in total. The Kier molecular flexibility index (Phi) is 4.14. The van der Waals surface area contributed by atoms with Crippen LogP contribution in [0.15, 0.2) is 36.4 Å². The third kappa shape index (κ3) is 3.43. The van der Waals surface area contributed by atoms with Crippen molar-refractivity contribution in [1.29, 1.82) is 0 Å². The molecule has 0 aliphatic heterocycles. The van der Waals surface area contributed by atoms with Crippen LogP contribution in [0.3, 0.4) is 0 Å². The van der Waals surface area contributed by atoms with Crippen molar-refractivity contribution in [3.05, 3.63) is 47.5 Å². The zero-order valence-corrected chi connectivity index (χ0v) is 10.4. The van der Waals surface area contributed by atoms with Crippen molar-refractivity contribution in [3.63, 3.8) is 0 Å². The van der Waals surface area contributed by atoms with E-state index >= 15 is 0 Å². The summed E-state index contributed by atoms with van der Waals surface area (Å²) in [7, 11) is 1.25. The Labute approximate surface area is 108 Å². The number of alkyl halides is 3. The fourth-order valence-electron chi connectivity index (χ4n) is 1.37. The van der Waals surface area contributed by atoms with Crippen LogP contribution in [0.4, 0.5) is 13.2 Å². The Morgan fingerprint density at radius 2 is 1.63 bits per heavy atom. The fourth-order valence-corrected chi connectivity index (χ4v) is 1.37. The Hall–Kier alpha value is -2.11. The summed E-state index contributed by atoms with van der Waals surface area (Å²) in [5.41, 5.74) is -0.675. The molecule has 0 heterocycles. The molecule has 0 saturated carbocycles. The van der Waals surface area contributed by atoms with Crippen LogP contribution in [0, 0.1) is 0 Å². The molecule has 6 heteroatoms. The smallest absolute Gasteiger partial charge is 0.278 e. The summed E-state index contributed by atoms with van der Waals surface area (Å²) in [5, 5.41) is 0. The minimum absolute atomic E-state index is 0.00472. The molecule has 102 valence electrons. The number of imide groups is 1. The highest BCUT2D eigenvalue weighted by molar-refractivity contribution is 6.09. The lowest BCUT2D eigenvalue weighted by Crippen LogP contribution is -2.33. The SMILES string of the molecule is C=C(C)C(=O)N(C)C(=O)c1ccc(C(F)(F)F)cc1. The first-order chi connectivity index (χ1) is 8.64. The highest BCUT2D eigenvalue weighted by Gasteiger charge is 2.30. The van der Waals surface area contributed by atoms with E-state index in [0.717, 1.165) is 29.2 Å². The molecule has 0 aromatic heterocycles. The molecular formula is C13H12F3NO2. The molecule has 0 atom stereocenters. The second-order valence-electron chi connectivity index (χ2n) is 4.02. The Morgan fingerprint density at radius 1 is 1.16 bits per heavy atom. The summed E-state index contributed by atoms with van der Waals surface area (Å²) in [6, 6.07) is 3.67. The highest BCUT2D eigenvalue weighted by atomic mass is 19.4. The lowest BCUT2D eigenvalue weighted by Gasteiger charge is -2.15. The predicted octanol–water partition coefficient (Wildman–Crippen LogP) is 2.88. The van der Waals surface area contributed by atoms with E-state index < -0.39 is 23.6 Å². The zero-order chi connectivity index (χ0) is 14.8. The van der Waals surface area contributed by atoms with E-state index in [1.165, 1.54) is 14.0 Å². The number of halogens is 3. The van der Waals surface area contributed by atoms with E-state index in [9.17, 15) is 22.8 Å². The average Bonchev–Trinajstić information content (AvgIpc) is 2.35. The van der Waals surface area contributed by atoms with Crippen molar-refractivity contribution in [1.82, 2.24) is 4.90 Å². The Balaban J connectivity index is 2.96. The summed E-state index contributed by atoms with van der Waals surface area (Å²) in [4.78, 5) is 24.2. The maximum absolute atomic E-state index is 12.4. The lowest BCUT2D eigenvalue weighted by molar-refractivity contribution is -0.137. The van der Waals surface area contributed by atoms with Crippen LogP contribution in [-0.2, 0) is 11.0 Å². The number of benzene rings is 1. The quantitative estimate of drug-likeness (QED) is 0.776. The van der Waals surface area contributed by atoms with Crippen molar-refractivity contribution >= 4 is 11.8 Å². The first kappa shape index (κ1) is 14.9. The van der Waals surface area contributed by atoms with Crippen molar-refractivity contribution in [2.45, 2.75) is 13.1 Å². The summed E-state index contributed by atoms with van der Waals surface area (Å²) < 4.78 is 37.1. The topological polar surface area (TPSA) is 37.4 Å². The van der Waals surface area contributed by atoms with Crippen molar-refractivity contribution < 1.29 is 22.8 Å². The molecule has 0 fully saturated rings. The van der Waals surface area contributed by atoms with Crippen molar-refractivity contribution in [2.75, 3.05) is 7.05 Å². The van der Waals surface area contributed by atoms with Gasteiger partial charge in [-0.3, -0.25) is 14.5 Å². The number of hydrogen-bond donors (Lipinski definition) is 0. The van der Waals surface area contributed by atoms with Crippen molar-refractivity contribution in [2.24, 2.45) is 0 Å². The number of carbonyl (C=O) groups is 2. The molecule has 0 aliphatic rings. The van der Waals surface area contributed by atoms with Gasteiger partial charge >= 0.3 is 6.18 Å². The van der Waals surface area contributed by atoms with Gasteiger partial charge in [0.25, 0.3) is 11.8 Å². The predicted molar refractivity (Wildman–Crippen MR) is 63.4 cm³/mol. The normalized spacial score (nSPS) is 11.0. The van der Waals surface area contributed by atoms with Gasteiger partial charge in [-0.2, -0.15) is 13.2 Å². The summed E-state index contributed by atoms with van der Waals surface area (Å²) in [5.74, 6) is -1.26. The van der Waals surface area contributed by atoms with Crippen molar-refractivity contribution in [3.8, 4) is 0 Å². The van der Waals surface area contributed by atoms with Gasteiger partial charge in [0.2, 0.25) is 0 Å². The zero-order valence-electron chi connectivity index (χ0n) is 10.4. The first-order valence-electron chi connectivity index (χ1n) is 5.29. The largest absolute Gasteiger partial charge is 0.416 e. The molecule has 0 bridgehead atoms. The van der Waals surface area contributed by atoms with Gasteiger partial charge in [0.05, 0.1) is 5.56 Å². The van der Waals surface area contributed by atoms with Gasteiger partial charge in [-0.25, -0.2) is 0 Å². The van der Waals surface area contributed by atoms with Gasteiger partial charge in [-0.15, -0.1) is 0 Å². The number of nitrogens with zero attached hydrogens (tertiary/aromatic N) is 1. The van der Waals surface area contributed by atoms with Gasteiger partial charge < -0.3 is 0 Å². The van der Waals surface area contributed by atoms with Crippen LogP contribution < -0.4 is 0 Å². The maximum atomic E-state index is 12.4. The first-order valence-corrected chi connectivity index (χ1v) is 5.29. The average molecular weight is 271 g/mol. The number of amides is 2. The number of carbonyl (C=O) groups excluding carboxylic acids is 2. The summed E-state index contributed by atoms with van der Waals surface area (Å²) in [6.45, 7) is 4.85. The molecular weight excluding hydrogens is 259 g/mol. The minimum atomic E-state index is -4.46.